The molecule has 1 aliphatic rings. The molecule has 2 rings (SSSR count). The number of rotatable bonds is 2. The van der Waals surface area contributed by atoms with E-state index in [4.69, 9.17) is 16.7 Å². The minimum absolute atomic E-state index is 0.0246. The van der Waals surface area contributed by atoms with Crippen LogP contribution in [0.1, 0.15) is 5.56 Å². The van der Waals surface area contributed by atoms with Gasteiger partial charge in [0.1, 0.15) is 11.1 Å². The summed E-state index contributed by atoms with van der Waals surface area (Å²) in [6.45, 7) is 0. The molecular weight excluding hydrogens is 236 g/mol. The number of hydrogen-bond acceptors (Lipinski definition) is 4. The third-order valence-electron chi connectivity index (χ3n) is 2.42. The fourth-order valence-corrected chi connectivity index (χ4v) is 1.91. The SMILES string of the molecule is O=C(O)C1Cc2cc(Cl)c([N+](=O)[O-])cc2N1. The standard InChI is InChI=1S/C9H7ClN2O4/c10-5-1-4-2-7(9(13)14)11-6(4)3-8(5)12(15)16/h1,3,7,11H,2H2,(H,13,14). The summed E-state index contributed by atoms with van der Waals surface area (Å²) in [6, 6.07) is 1.96. The van der Waals surface area contributed by atoms with Gasteiger partial charge in [-0.05, 0) is 11.6 Å². The molecule has 0 bridgehead atoms. The molecule has 1 atom stereocenters. The number of halogens is 1. The number of nitro groups is 1. The first-order valence-electron chi connectivity index (χ1n) is 4.45. The fraction of sp³-hybridized carbons (Fsp3) is 0.222. The van der Waals surface area contributed by atoms with Crippen molar-refractivity contribution >= 4 is 28.9 Å². The van der Waals surface area contributed by atoms with Crippen LogP contribution in [0.15, 0.2) is 12.1 Å². The third-order valence-corrected chi connectivity index (χ3v) is 2.72. The van der Waals surface area contributed by atoms with E-state index in [2.05, 4.69) is 5.32 Å². The zero-order valence-corrected chi connectivity index (χ0v) is 8.69. The number of nitrogens with one attached hydrogen (secondary N) is 1. The topological polar surface area (TPSA) is 92.5 Å². The van der Waals surface area contributed by atoms with Gasteiger partial charge in [-0.2, -0.15) is 0 Å². The minimum atomic E-state index is -0.991. The lowest BCUT2D eigenvalue weighted by Gasteiger charge is -2.03. The molecule has 16 heavy (non-hydrogen) atoms. The maximum Gasteiger partial charge on any atom is 0.326 e. The predicted octanol–water partition coefficient (Wildman–Crippen LogP) is 1.67. The molecule has 1 aromatic rings. The number of carbonyl (C=O) groups is 1. The molecule has 0 fully saturated rings. The van der Waals surface area contributed by atoms with E-state index in [0.717, 1.165) is 0 Å². The Bertz CT molecular complexity index is 489. The molecule has 6 nitrogen and oxygen atoms in total. The second kappa shape index (κ2) is 3.64. The Kier molecular flexibility index (Phi) is 2.43. The number of fused-ring (bicyclic) bond motifs is 1. The van der Waals surface area contributed by atoms with Crippen LogP contribution in [0.2, 0.25) is 5.02 Å². The van der Waals surface area contributed by atoms with Gasteiger partial charge in [-0.3, -0.25) is 10.1 Å². The zero-order valence-electron chi connectivity index (χ0n) is 7.94. The van der Waals surface area contributed by atoms with Gasteiger partial charge < -0.3 is 10.4 Å². The molecule has 0 aromatic heterocycles. The van der Waals surface area contributed by atoms with Gasteiger partial charge in [0, 0.05) is 18.2 Å². The second-order valence-electron chi connectivity index (χ2n) is 3.46. The van der Waals surface area contributed by atoms with Crippen LogP contribution in [0.25, 0.3) is 0 Å². The van der Waals surface area contributed by atoms with E-state index in [9.17, 15) is 14.9 Å². The van der Waals surface area contributed by atoms with Crippen molar-refractivity contribution < 1.29 is 14.8 Å². The average molecular weight is 243 g/mol. The molecule has 2 N–H and O–H groups in total. The van der Waals surface area contributed by atoms with E-state index >= 15 is 0 Å². The number of carboxylic acids is 1. The first-order chi connectivity index (χ1) is 7.49. The van der Waals surface area contributed by atoms with Gasteiger partial charge in [-0.1, -0.05) is 11.6 Å². The van der Waals surface area contributed by atoms with Crippen LogP contribution < -0.4 is 5.32 Å². The van der Waals surface area contributed by atoms with Gasteiger partial charge >= 0.3 is 5.97 Å². The summed E-state index contributed by atoms with van der Waals surface area (Å²) in [4.78, 5) is 20.8. The van der Waals surface area contributed by atoms with Gasteiger partial charge in [0.25, 0.3) is 5.69 Å². The summed E-state index contributed by atoms with van der Waals surface area (Å²) in [6.07, 6.45) is 0.280. The van der Waals surface area contributed by atoms with Crippen molar-refractivity contribution in [1.82, 2.24) is 0 Å². The lowest BCUT2D eigenvalue weighted by molar-refractivity contribution is -0.384. The van der Waals surface area contributed by atoms with Crippen molar-refractivity contribution in [2.75, 3.05) is 5.32 Å². The number of hydrogen-bond donors (Lipinski definition) is 2. The fourth-order valence-electron chi connectivity index (χ4n) is 1.65. The smallest absolute Gasteiger partial charge is 0.326 e. The normalized spacial score (nSPS) is 17.7. The average Bonchev–Trinajstić information content (AvgIpc) is 2.58. The monoisotopic (exact) mass is 242 g/mol. The molecule has 7 heteroatoms. The van der Waals surface area contributed by atoms with Crippen molar-refractivity contribution in [3.8, 4) is 0 Å². The van der Waals surface area contributed by atoms with E-state index in [0.29, 0.717) is 11.3 Å². The highest BCUT2D eigenvalue weighted by Crippen LogP contribution is 2.35. The van der Waals surface area contributed by atoms with Crippen LogP contribution in [-0.2, 0) is 11.2 Å². The Morgan fingerprint density at radius 1 is 1.62 bits per heavy atom. The summed E-state index contributed by atoms with van der Waals surface area (Å²) in [5.41, 5.74) is 0.922. The Morgan fingerprint density at radius 2 is 2.31 bits per heavy atom. The quantitative estimate of drug-likeness (QED) is 0.608. The number of nitrogens with zero attached hydrogens (tertiary/aromatic N) is 1. The maximum atomic E-state index is 10.7. The lowest BCUT2D eigenvalue weighted by Crippen LogP contribution is -2.26. The predicted molar refractivity (Wildman–Crippen MR) is 56.9 cm³/mol. The maximum absolute atomic E-state index is 10.7. The molecule has 1 aromatic carbocycles. The highest BCUT2D eigenvalue weighted by Gasteiger charge is 2.29. The minimum Gasteiger partial charge on any atom is -0.480 e. The van der Waals surface area contributed by atoms with Gasteiger partial charge in [-0.25, -0.2) is 4.79 Å². The number of nitro benzene ring substituents is 1. The Morgan fingerprint density at radius 3 is 2.88 bits per heavy atom. The highest BCUT2D eigenvalue weighted by molar-refractivity contribution is 6.32. The molecule has 0 saturated heterocycles. The van der Waals surface area contributed by atoms with Crippen LogP contribution in [0.4, 0.5) is 11.4 Å². The number of carboxylic acid groups (broad SMARTS) is 1. The summed E-state index contributed by atoms with van der Waals surface area (Å²) in [5.74, 6) is -0.991. The van der Waals surface area contributed by atoms with E-state index in [-0.39, 0.29) is 17.1 Å². The molecule has 1 aliphatic heterocycles. The number of anilines is 1. The lowest BCUT2D eigenvalue weighted by atomic mass is 10.1. The van der Waals surface area contributed by atoms with E-state index in [1.54, 1.807) is 0 Å². The van der Waals surface area contributed by atoms with Crippen molar-refractivity contribution in [2.45, 2.75) is 12.5 Å². The van der Waals surface area contributed by atoms with Crippen molar-refractivity contribution in [2.24, 2.45) is 0 Å². The molecule has 1 heterocycles. The van der Waals surface area contributed by atoms with Gasteiger partial charge in [0.05, 0.1) is 4.92 Å². The zero-order chi connectivity index (χ0) is 11.9. The van der Waals surface area contributed by atoms with E-state index in [1.165, 1.54) is 12.1 Å². The van der Waals surface area contributed by atoms with Crippen LogP contribution in [0, 0.1) is 10.1 Å². The van der Waals surface area contributed by atoms with Gasteiger partial charge in [-0.15, -0.1) is 0 Å². The number of aliphatic carboxylic acids is 1. The summed E-state index contributed by atoms with van der Waals surface area (Å²) in [5, 5.41) is 22.1. The van der Waals surface area contributed by atoms with Crippen LogP contribution in [-0.4, -0.2) is 22.0 Å². The Hall–Kier alpha value is -1.82. The van der Waals surface area contributed by atoms with Crippen molar-refractivity contribution in [3.05, 3.63) is 32.8 Å². The summed E-state index contributed by atoms with van der Waals surface area (Å²) >= 11 is 5.71. The molecule has 0 spiro atoms. The van der Waals surface area contributed by atoms with Crippen LogP contribution in [0.3, 0.4) is 0 Å². The third kappa shape index (κ3) is 1.67. The molecular formula is C9H7ClN2O4. The molecule has 0 saturated carbocycles. The molecule has 0 radical (unpaired) electrons. The van der Waals surface area contributed by atoms with Gasteiger partial charge in [0.15, 0.2) is 0 Å². The first-order valence-corrected chi connectivity index (χ1v) is 4.83. The highest BCUT2D eigenvalue weighted by atomic mass is 35.5. The van der Waals surface area contributed by atoms with Crippen molar-refractivity contribution in [1.29, 1.82) is 0 Å². The molecule has 1 unspecified atom stereocenters. The van der Waals surface area contributed by atoms with Gasteiger partial charge in [0.2, 0.25) is 0 Å². The largest absolute Gasteiger partial charge is 0.480 e. The van der Waals surface area contributed by atoms with Crippen LogP contribution in [0.5, 0.6) is 0 Å². The summed E-state index contributed by atoms with van der Waals surface area (Å²) in [7, 11) is 0. The van der Waals surface area contributed by atoms with Crippen molar-refractivity contribution in [3.63, 3.8) is 0 Å². The Balaban J connectivity index is 2.40. The van der Waals surface area contributed by atoms with E-state index in [1.807, 2.05) is 0 Å². The van der Waals surface area contributed by atoms with E-state index < -0.39 is 16.9 Å². The second-order valence-corrected chi connectivity index (χ2v) is 3.86. The number of benzene rings is 1. The molecule has 0 aliphatic carbocycles. The summed E-state index contributed by atoms with van der Waals surface area (Å²) < 4.78 is 0. The molecule has 84 valence electrons. The first kappa shape index (κ1) is 10.7. The Labute approximate surface area is 95.0 Å². The molecule has 0 amide bonds. The van der Waals surface area contributed by atoms with Crippen LogP contribution >= 0.6 is 11.6 Å².